The summed E-state index contributed by atoms with van der Waals surface area (Å²) in [6.07, 6.45) is 14.4. The molecule has 2 N–H and O–H groups in total. The van der Waals surface area contributed by atoms with Crippen molar-refractivity contribution in [3.05, 3.63) is 12.2 Å². The molecule has 0 amide bonds. The van der Waals surface area contributed by atoms with Crippen molar-refractivity contribution in [2.24, 2.45) is 17.3 Å². The van der Waals surface area contributed by atoms with Gasteiger partial charge in [-0.1, -0.05) is 57.6 Å². The van der Waals surface area contributed by atoms with Gasteiger partial charge >= 0.3 is 5.97 Å². The number of carbonyl (C=O) groups is 2. The number of carbonyl (C=O) groups excluding carboxylic acids is 2. The van der Waals surface area contributed by atoms with Crippen LogP contribution in [0, 0.1) is 17.3 Å². The molecule has 5 heteroatoms. The van der Waals surface area contributed by atoms with E-state index in [1.165, 1.54) is 13.5 Å². The lowest BCUT2D eigenvalue weighted by atomic mass is 9.62. The number of aliphatic hydroxyl groups is 2. The van der Waals surface area contributed by atoms with Gasteiger partial charge in [0, 0.05) is 24.7 Å². The molecule has 0 unspecified atom stereocenters. The fraction of sp³-hybridized carbons (Fsp3) is 0.833. The molecule has 0 saturated heterocycles. The third-order valence-corrected chi connectivity index (χ3v) is 7.13. The van der Waals surface area contributed by atoms with Gasteiger partial charge in [-0.25, -0.2) is 0 Å². The molecule has 2 aliphatic rings. The quantitative estimate of drug-likeness (QED) is 0.269. The number of ether oxygens (including phenoxy) is 1. The Kier molecular flexibility index (Phi) is 9.84. The van der Waals surface area contributed by atoms with E-state index < -0.39 is 12.2 Å². The summed E-state index contributed by atoms with van der Waals surface area (Å²) >= 11 is 0. The summed E-state index contributed by atoms with van der Waals surface area (Å²) in [7, 11) is 1.40. The summed E-state index contributed by atoms with van der Waals surface area (Å²) in [6.45, 7) is 2.18. The average Bonchev–Trinajstić information content (AvgIpc) is 2.94. The van der Waals surface area contributed by atoms with Crippen LogP contribution in [0.15, 0.2) is 12.2 Å². The van der Waals surface area contributed by atoms with Crippen LogP contribution in [-0.4, -0.2) is 41.3 Å². The van der Waals surface area contributed by atoms with E-state index in [0.29, 0.717) is 6.42 Å². The van der Waals surface area contributed by atoms with Crippen LogP contribution in [0.25, 0.3) is 0 Å². The van der Waals surface area contributed by atoms with Crippen LogP contribution in [0.4, 0.5) is 0 Å². The third kappa shape index (κ3) is 6.65. The summed E-state index contributed by atoms with van der Waals surface area (Å²) < 4.78 is 4.64. The summed E-state index contributed by atoms with van der Waals surface area (Å²) in [5.74, 6) is -0.371. The van der Waals surface area contributed by atoms with E-state index in [1.54, 1.807) is 0 Å². The zero-order valence-electron chi connectivity index (χ0n) is 18.3. The van der Waals surface area contributed by atoms with Crippen LogP contribution in [0.2, 0.25) is 0 Å². The lowest BCUT2D eigenvalue weighted by Gasteiger charge is -2.45. The van der Waals surface area contributed by atoms with E-state index in [-0.39, 0.29) is 35.4 Å². The predicted molar refractivity (Wildman–Crippen MR) is 113 cm³/mol. The van der Waals surface area contributed by atoms with Gasteiger partial charge in [0.1, 0.15) is 5.78 Å². The van der Waals surface area contributed by atoms with Crippen molar-refractivity contribution < 1.29 is 24.5 Å². The van der Waals surface area contributed by atoms with Crippen LogP contribution >= 0.6 is 0 Å². The molecule has 0 aromatic carbocycles. The Bertz CT molecular complexity index is 551. The molecule has 29 heavy (non-hydrogen) atoms. The molecule has 0 aromatic rings. The van der Waals surface area contributed by atoms with Gasteiger partial charge in [0.2, 0.25) is 0 Å². The predicted octanol–water partition coefficient (Wildman–Crippen LogP) is 4.34. The highest BCUT2D eigenvalue weighted by Gasteiger charge is 2.43. The second-order valence-electron chi connectivity index (χ2n) is 9.10. The first-order valence-corrected chi connectivity index (χ1v) is 11.6. The van der Waals surface area contributed by atoms with E-state index in [9.17, 15) is 19.8 Å². The maximum absolute atomic E-state index is 12.4. The van der Waals surface area contributed by atoms with Crippen LogP contribution in [0.5, 0.6) is 0 Å². The Morgan fingerprint density at radius 1 is 1.24 bits per heavy atom. The van der Waals surface area contributed by atoms with Crippen molar-refractivity contribution in [2.45, 2.75) is 103 Å². The molecule has 0 radical (unpaired) electrons. The third-order valence-electron chi connectivity index (χ3n) is 7.13. The number of Topliss-reactive ketones (excluding diaryl/α,β-unsaturated/α-hetero) is 1. The first-order valence-electron chi connectivity index (χ1n) is 11.6. The van der Waals surface area contributed by atoms with Gasteiger partial charge in [-0.3, -0.25) is 9.59 Å². The van der Waals surface area contributed by atoms with Crippen LogP contribution < -0.4 is 0 Å². The van der Waals surface area contributed by atoms with E-state index in [0.717, 1.165) is 64.2 Å². The maximum Gasteiger partial charge on any atom is 0.305 e. The number of hydrogen-bond acceptors (Lipinski definition) is 5. The number of aliphatic hydroxyl groups excluding tert-OH is 2. The Hall–Kier alpha value is -1.20. The summed E-state index contributed by atoms with van der Waals surface area (Å²) in [6, 6.07) is 0. The zero-order chi connectivity index (χ0) is 21.3. The monoisotopic (exact) mass is 408 g/mol. The van der Waals surface area contributed by atoms with Gasteiger partial charge < -0.3 is 14.9 Å². The van der Waals surface area contributed by atoms with Gasteiger partial charge in [-0.05, 0) is 37.5 Å². The summed E-state index contributed by atoms with van der Waals surface area (Å²) in [4.78, 5) is 23.5. The fourth-order valence-corrected chi connectivity index (χ4v) is 4.97. The van der Waals surface area contributed by atoms with Crippen molar-refractivity contribution in [1.82, 2.24) is 0 Å². The normalized spacial score (nSPS) is 27.2. The Morgan fingerprint density at radius 2 is 1.97 bits per heavy atom. The maximum atomic E-state index is 12.4. The van der Waals surface area contributed by atoms with Crippen molar-refractivity contribution in [2.75, 3.05) is 7.11 Å². The number of hydrogen-bond donors (Lipinski definition) is 2. The molecular formula is C24H40O5. The molecule has 2 rings (SSSR count). The van der Waals surface area contributed by atoms with Gasteiger partial charge in [0.15, 0.2) is 0 Å². The summed E-state index contributed by atoms with van der Waals surface area (Å²) in [5.41, 5.74) is 0.00914. The largest absolute Gasteiger partial charge is 0.469 e. The fourth-order valence-electron chi connectivity index (χ4n) is 4.97. The van der Waals surface area contributed by atoms with E-state index >= 15 is 0 Å². The Labute approximate surface area is 175 Å². The lowest BCUT2D eigenvalue weighted by Crippen LogP contribution is -2.40. The van der Waals surface area contributed by atoms with Crippen molar-refractivity contribution in [3.63, 3.8) is 0 Å². The Balaban J connectivity index is 1.83. The minimum atomic E-state index is -0.636. The molecule has 166 valence electrons. The van der Waals surface area contributed by atoms with Gasteiger partial charge in [0.05, 0.1) is 19.3 Å². The highest BCUT2D eigenvalue weighted by molar-refractivity contribution is 5.84. The SMILES string of the molecule is CCCCC1([C@H](O)/C=C/[C@H]2[C@H](O)CC(=O)[C@@H]2CCCCCCC(=O)OC)CCC1. The molecule has 0 aliphatic heterocycles. The summed E-state index contributed by atoms with van der Waals surface area (Å²) in [5, 5.41) is 21.2. The molecule has 0 heterocycles. The van der Waals surface area contributed by atoms with Gasteiger partial charge in [0.25, 0.3) is 0 Å². The molecule has 0 bridgehead atoms. The minimum Gasteiger partial charge on any atom is -0.469 e. The number of rotatable bonds is 13. The highest BCUT2D eigenvalue weighted by atomic mass is 16.5. The van der Waals surface area contributed by atoms with Crippen LogP contribution in [0.1, 0.15) is 90.4 Å². The first-order chi connectivity index (χ1) is 13.9. The smallest absolute Gasteiger partial charge is 0.305 e. The van der Waals surface area contributed by atoms with Crippen molar-refractivity contribution >= 4 is 11.8 Å². The van der Waals surface area contributed by atoms with Gasteiger partial charge in [-0.15, -0.1) is 0 Å². The second kappa shape index (κ2) is 11.8. The highest BCUT2D eigenvalue weighted by Crippen LogP contribution is 2.48. The molecular weight excluding hydrogens is 368 g/mol. The second-order valence-corrected chi connectivity index (χ2v) is 9.10. The molecule has 2 saturated carbocycles. The lowest BCUT2D eigenvalue weighted by molar-refractivity contribution is -0.140. The first kappa shape index (κ1) is 24.1. The minimum absolute atomic E-state index is 0.00914. The number of esters is 1. The van der Waals surface area contributed by atoms with E-state index in [1.807, 2.05) is 12.2 Å². The topological polar surface area (TPSA) is 83.8 Å². The standard InChI is InChI=1S/C24H40O5/c1-3-4-14-24(15-9-16-24)22(27)13-12-19-18(20(25)17-21(19)26)10-7-5-6-8-11-23(28)29-2/h12-13,18-19,21-22,26-27H,3-11,14-17H2,1-2H3/b13-12+/t18-,19-,21-,22-/m1/s1. The van der Waals surface area contributed by atoms with Crippen LogP contribution in [-0.2, 0) is 14.3 Å². The van der Waals surface area contributed by atoms with Crippen molar-refractivity contribution in [3.8, 4) is 0 Å². The Morgan fingerprint density at radius 3 is 2.59 bits per heavy atom. The van der Waals surface area contributed by atoms with Crippen LogP contribution in [0.3, 0.4) is 0 Å². The number of methoxy groups -OCH3 is 1. The molecule has 0 spiro atoms. The number of unbranched alkanes of at least 4 members (excludes halogenated alkanes) is 4. The zero-order valence-corrected chi connectivity index (χ0v) is 18.3. The molecule has 5 nitrogen and oxygen atoms in total. The molecule has 4 atom stereocenters. The molecule has 0 aromatic heterocycles. The van der Waals surface area contributed by atoms with E-state index in [2.05, 4.69) is 11.7 Å². The number of ketones is 1. The van der Waals surface area contributed by atoms with E-state index in [4.69, 9.17) is 0 Å². The van der Waals surface area contributed by atoms with Gasteiger partial charge in [-0.2, -0.15) is 0 Å². The average molecular weight is 409 g/mol. The molecule has 2 fully saturated rings. The van der Waals surface area contributed by atoms with Crippen molar-refractivity contribution in [1.29, 1.82) is 0 Å². The molecule has 2 aliphatic carbocycles.